The van der Waals surface area contributed by atoms with Crippen LogP contribution in [0.25, 0.3) is 11.0 Å². The second kappa shape index (κ2) is 9.74. The van der Waals surface area contributed by atoms with Crippen LogP contribution >= 0.6 is 0 Å². The third-order valence-electron chi connectivity index (χ3n) is 7.66. The first kappa shape index (κ1) is 25.1. The molecule has 0 saturated heterocycles. The number of carboxylic acid groups (broad SMARTS) is 1. The Labute approximate surface area is 212 Å². The molecule has 0 unspecified atom stereocenters. The van der Waals surface area contributed by atoms with Crippen molar-refractivity contribution in [3.05, 3.63) is 58.9 Å². The van der Waals surface area contributed by atoms with Crippen LogP contribution < -0.4 is 4.90 Å². The minimum absolute atomic E-state index is 0.0123. The van der Waals surface area contributed by atoms with Crippen LogP contribution in [0.2, 0.25) is 0 Å². The van der Waals surface area contributed by atoms with E-state index >= 15 is 0 Å². The number of aliphatic hydroxyl groups excluding tert-OH is 1. The fraction of sp³-hybridized carbons (Fsp3) is 0.444. The van der Waals surface area contributed by atoms with Gasteiger partial charge in [-0.15, -0.1) is 0 Å². The minimum atomic E-state index is -1.45. The minimum Gasteiger partial charge on any atom is -0.481 e. The Morgan fingerprint density at radius 2 is 1.86 bits per heavy atom. The van der Waals surface area contributed by atoms with Crippen LogP contribution in [-0.4, -0.2) is 45.0 Å². The zero-order valence-electron chi connectivity index (χ0n) is 20.7. The lowest BCUT2D eigenvalue weighted by Gasteiger charge is -2.34. The zero-order valence-corrected chi connectivity index (χ0v) is 20.7. The van der Waals surface area contributed by atoms with Crippen molar-refractivity contribution in [3.63, 3.8) is 0 Å². The maximum atomic E-state index is 14.0. The number of ether oxygens (including phenoxy) is 1. The maximum absolute atomic E-state index is 14.0. The molecule has 4 atom stereocenters. The lowest BCUT2D eigenvalue weighted by Crippen LogP contribution is -2.42. The van der Waals surface area contributed by atoms with Crippen LogP contribution in [0.5, 0.6) is 0 Å². The van der Waals surface area contributed by atoms with Gasteiger partial charge in [0.15, 0.2) is 0 Å². The third kappa shape index (κ3) is 4.43. The number of aryl methyl sites for hydroxylation is 1. The Kier molecular flexibility index (Phi) is 6.61. The quantitative estimate of drug-likeness (QED) is 0.502. The van der Waals surface area contributed by atoms with Gasteiger partial charge in [0.25, 0.3) is 0 Å². The summed E-state index contributed by atoms with van der Waals surface area (Å²) in [4.78, 5) is 30.7. The second-order valence-corrected chi connectivity index (χ2v) is 9.96. The summed E-state index contributed by atoms with van der Waals surface area (Å²) in [5.41, 5.74) is 2.73. The molecule has 2 aliphatic rings. The lowest BCUT2D eigenvalue weighted by molar-refractivity contribution is -0.143. The number of aliphatic hydroxyl groups is 1. The predicted molar refractivity (Wildman–Crippen MR) is 131 cm³/mol. The van der Waals surface area contributed by atoms with Gasteiger partial charge in [-0.25, -0.2) is 18.6 Å². The number of nitrogens with zero attached hydrogens (tertiary/aromatic N) is 3. The summed E-state index contributed by atoms with van der Waals surface area (Å²) in [6, 6.07) is 6.12. The van der Waals surface area contributed by atoms with Crippen molar-refractivity contribution in [2.75, 3.05) is 12.0 Å². The molecule has 8 nitrogen and oxygen atoms in total. The molecule has 10 heteroatoms. The van der Waals surface area contributed by atoms with E-state index < -0.39 is 35.7 Å². The van der Waals surface area contributed by atoms with Crippen molar-refractivity contribution >= 4 is 28.8 Å². The highest BCUT2D eigenvalue weighted by Gasteiger charge is 2.35. The number of methoxy groups -OCH3 is 1. The first-order valence-corrected chi connectivity index (χ1v) is 12.5. The molecule has 0 spiro atoms. The van der Waals surface area contributed by atoms with Gasteiger partial charge in [-0.2, -0.15) is 0 Å². The number of carbonyl (C=O) groups excluding carboxylic acids is 1. The Bertz CT molecular complexity index is 1350. The molecule has 0 bridgehead atoms. The highest BCUT2D eigenvalue weighted by atomic mass is 19.1. The third-order valence-corrected chi connectivity index (χ3v) is 7.66. The number of anilines is 1. The molecule has 3 aromatic rings. The van der Waals surface area contributed by atoms with E-state index in [0.29, 0.717) is 55.2 Å². The first-order chi connectivity index (χ1) is 17.7. The molecule has 2 N–H and O–H groups in total. The summed E-state index contributed by atoms with van der Waals surface area (Å²) in [6.45, 7) is 1.93. The monoisotopic (exact) mass is 513 g/mol. The van der Waals surface area contributed by atoms with Crippen molar-refractivity contribution < 1.29 is 33.3 Å². The van der Waals surface area contributed by atoms with Crippen molar-refractivity contribution in [2.45, 2.75) is 63.6 Å². The molecule has 196 valence electrons. The average Bonchev–Trinajstić information content (AvgIpc) is 3.27. The van der Waals surface area contributed by atoms with Crippen LogP contribution in [0.1, 0.15) is 68.1 Å². The number of imidazole rings is 1. The summed E-state index contributed by atoms with van der Waals surface area (Å²) < 4.78 is 34.9. The second-order valence-electron chi connectivity index (χ2n) is 9.96. The number of aliphatic carboxylic acids is 1. The molecule has 1 fully saturated rings. The van der Waals surface area contributed by atoms with E-state index in [9.17, 15) is 28.6 Å². The van der Waals surface area contributed by atoms with Gasteiger partial charge in [-0.1, -0.05) is 6.42 Å². The molecule has 1 aliphatic carbocycles. The van der Waals surface area contributed by atoms with Crippen molar-refractivity contribution in [2.24, 2.45) is 5.92 Å². The van der Waals surface area contributed by atoms with E-state index in [0.717, 1.165) is 23.8 Å². The van der Waals surface area contributed by atoms with Crippen molar-refractivity contribution in [3.8, 4) is 0 Å². The Balaban J connectivity index is 1.71. The van der Waals surface area contributed by atoms with Crippen LogP contribution in [0.4, 0.5) is 19.3 Å². The molecule has 1 aromatic heterocycles. The average molecular weight is 514 g/mol. The van der Waals surface area contributed by atoms with Crippen LogP contribution in [-0.2, 0) is 16.0 Å². The van der Waals surface area contributed by atoms with E-state index in [1.165, 1.54) is 7.11 Å². The smallest absolute Gasteiger partial charge is 0.414 e. The number of carboxylic acids is 1. The largest absolute Gasteiger partial charge is 0.481 e. The van der Waals surface area contributed by atoms with E-state index in [1.54, 1.807) is 4.90 Å². The number of carbonyl (C=O) groups is 2. The predicted octanol–water partition coefficient (Wildman–Crippen LogP) is 5.12. The summed E-state index contributed by atoms with van der Waals surface area (Å²) in [5, 5.41) is 21.0. The summed E-state index contributed by atoms with van der Waals surface area (Å²) in [6.07, 6.45) is 1.64. The molecule has 1 amide bonds. The summed E-state index contributed by atoms with van der Waals surface area (Å²) >= 11 is 0. The fourth-order valence-corrected chi connectivity index (χ4v) is 5.87. The van der Waals surface area contributed by atoms with E-state index in [-0.39, 0.29) is 23.5 Å². The molecule has 1 saturated carbocycles. The Morgan fingerprint density at radius 3 is 2.54 bits per heavy atom. The first-order valence-electron chi connectivity index (χ1n) is 12.5. The van der Waals surface area contributed by atoms with Crippen LogP contribution in [0.3, 0.4) is 0 Å². The zero-order chi connectivity index (χ0) is 26.4. The normalized spacial score (nSPS) is 22.5. The van der Waals surface area contributed by atoms with Crippen molar-refractivity contribution in [1.29, 1.82) is 0 Å². The van der Waals surface area contributed by atoms with E-state index in [2.05, 4.69) is 0 Å². The number of hydrogen-bond donors (Lipinski definition) is 2. The molecule has 2 heterocycles. The van der Waals surface area contributed by atoms with Gasteiger partial charge >= 0.3 is 12.1 Å². The summed E-state index contributed by atoms with van der Waals surface area (Å²) in [7, 11) is 1.32. The molecule has 2 aromatic carbocycles. The Morgan fingerprint density at radius 1 is 1.14 bits per heavy atom. The molecular weight excluding hydrogens is 484 g/mol. The number of aromatic nitrogens is 2. The number of rotatable bonds is 4. The molecule has 0 radical (unpaired) electrons. The van der Waals surface area contributed by atoms with Gasteiger partial charge in [0.05, 0.1) is 29.7 Å². The molecule has 5 rings (SSSR count). The molecule has 37 heavy (non-hydrogen) atoms. The SMILES string of the molecule is COC(=O)N1c2ccc3c(nc([C@@H](O)c4cc(F)cc(F)c4)n3[C@@H]3CCC[C@@H](C(=O)O)C3)c2CC[C@@H]1C. The maximum Gasteiger partial charge on any atom is 0.414 e. The van der Waals surface area contributed by atoms with Gasteiger partial charge in [0.2, 0.25) is 0 Å². The van der Waals surface area contributed by atoms with Gasteiger partial charge in [0, 0.05) is 23.7 Å². The van der Waals surface area contributed by atoms with E-state index in [1.807, 2.05) is 23.6 Å². The standard InChI is InChI=1S/C27H29F2N3O5/c1-14-6-7-20-21(31(14)27(36)37-2)8-9-22-23(20)30-25(24(33)16-10-17(28)13-18(29)11-16)32(22)19-5-3-4-15(12-19)26(34)35/h8-11,13-15,19,24,33H,3-7,12H2,1-2H3,(H,34,35)/t14-,15+,19+,24-/m0/s1. The van der Waals surface area contributed by atoms with Crippen molar-refractivity contribution in [1.82, 2.24) is 9.55 Å². The molecule has 1 aliphatic heterocycles. The number of hydrogen-bond acceptors (Lipinski definition) is 5. The topological polar surface area (TPSA) is 105 Å². The van der Waals surface area contributed by atoms with Gasteiger partial charge in [-0.3, -0.25) is 9.69 Å². The van der Waals surface area contributed by atoms with Gasteiger partial charge in [-0.05, 0) is 68.9 Å². The van der Waals surface area contributed by atoms with Gasteiger partial charge in [0.1, 0.15) is 23.6 Å². The van der Waals surface area contributed by atoms with Crippen LogP contribution in [0.15, 0.2) is 30.3 Å². The highest BCUT2D eigenvalue weighted by molar-refractivity contribution is 5.95. The van der Waals surface area contributed by atoms with Gasteiger partial charge < -0.3 is 19.5 Å². The number of fused-ring (bicyclic) bond motifs is 3. The number of benzene rings is 2. The van der Waals surface area contributed by atoms with E-state index in [4.69, 9.17) is 9.72 Å². The number of halogens is 2. The summed E-state index contributed by atoms with van der Waals surface area (Å²) in [5.74, 6) is -2.86. The fourth-order valence-electron chi connectivity index (χ4n) is 5.87. The number of amides is 1. The highest BCUT2D eigenvalue weighted by Crippen LogP contribution is 2.42. The molecular formula is C27H29F2N3O5. The lowest BCUT2D eigenvalue weighted by atomic mass is 9.85. The van der Waals surface area contributed by atoms with Crippen LogP contribution in [0, 0.1) is 17.6 Å². The Hall–Kier alpha value is -3.53.